The fourth-order valence-electron chi connectivity index (χ4n) is 1.62. The first-order valence-corrected chi connectivity index (χ1v) is 5.81. The Labute approximate surface area is 98.7 Å². The SMILES string of the molecule is CCC(CC)NCCn1cc(F)c(=O)[nH]c1=O. The first kappa shape index (κ1) is 13.6. The molecule has 1 heterocycles. The Hall–Kier alpha value is -1.43. The lowest BCUT2D eigenvalue weighted by Gasteiger charge is -2.14. The van der Waals surface area contributed by atoms with Gasteiger partial charge in [0.2, 0.25) is 5.82 Å². The van der Waals surface area contributed by atoms with Crippen molar-refractivity contribution < 1.29 is 4.39 Å². The zero-order chi connectivity index (χ0) is 12.8. The van der Waals surface area contributed by atoms with E-state index in [4.69, 9.17) is 0 Å². The van der Waals surface area contributed by atoms with Crippen LogP contribution in [0, 0.1) is 5.82 Å². The monoisotopic (exact) mass is 243 g/mol. The van der Waals surface area contributed by atoms with Gasteiger partial charge in [0.05, 0.1) is 6.20 Å². The lowest BCUT2D eigenvalue weighted by Crippen LogP contribution is -2.36. The van der Waals surface area contributed by atoms with Gasteiger partial charge in [-0.3, -0.25) is 14.3 Å². The summed E-state index contributed by atoms with van der Waals surface area (Å²) >= 11 is 0. The van der Waals surface area contributed by atoms with E-state index in [9.17, 15) is 14.0 Å². The predicted molar refractivity (Wildman–Crippen MR) is 63.7 cm³/mol. The Morgan fingerprint density at radius 2 is 2.06 bits per heavy atom. The molecule has 0 saturated carbocycles. The van der Waals surface area contributed by atoms with Gasteiger partial charge in [0.1, 0.15) is 0 Å². The molecule has 0 bridgehead atoms. The summed E-state index contributed by atoms with van der Waals surface area (Å²) < 4.78 is 14.1. The van der Waals surface area contributed by atoms with Crippen molar-refractivity contribution in [3.63, 3.8) is 0 Å². The molecule has 0 amide bonds. The summed E-state index contributed by atoms with van der Waals surface area (Å²) in [6.07, 6.45) is 2.95. The van der Waals surface area contributed by atoms with Crippen LogP contribution >= 0.6 is 0 Å². The number of nitrogens with one attached hydrogen (secondary N) is 2. The summed E-state index contributed by atoms with van der Waals surface area (Å²) in [6, 6.07) is 0.401. The molecule has 6 heteroatoms. The highest BCUT2D eigenvalue weighted by molar-refractivity contribution is 4.87. The van der Waals surface area contributed by atoms with Crippen LogP contribution in [0.25, 0.3) is 0 Å². The number of hydrogen-bond donors (Lipinski definition) is 2. The molecule has 1 aromatic heterocycles. The van der Waals surface area contributed by atoms with Gasteiger partial charge in [-0.05, 0) is 12.8 Å². The van der Waals surface area contributed by atoms with Crippen LogP contribution in [0.1, 0.15) is 26.7 Å². The minimum Gasteiger partial charge on any atom is -0.312 e. The van der Waals surface area contributed by atoms with Crippen LogP contribution in [0.3, 0.4) is 0 Å². The Bertz CT molecular complexity index is 463. The van der Waals surface area contributed by atoms with Crippen LogP contribution in [0.2, 0.25) is 0 Å². The first-order chi connectivity index (χ1) is 8.08. The van der Waals surface area contributed by atoms with Gasteiger partial charge >= 0.3 is 5.69 Å². The quantitative estimate of drug-likeness (QED) is 0.762. The molecule has 0 aliphatic heterocycles. The third-order valence-corrected chi connectivity index (χ3v) is 2.74. The van der Waals surface area contributed by atoms with E-state index in [2.05, 4.69) is 19.2 Å². The fraction of sp³-hybridized carbons (Fsp3) is 0.636. The summed E-state index contributed by atoms with van der Waals surface area (Å²) in [5.41, 5.74) is -1.55. The number of aromatic amines is 1. The maximum atomic E-state index is 13.0. The van der Waals surface area contributed by atoms with E-state index in [0.717, 1.165) is 23.6 Å². The summed E-state index contributed by atoms with van der Waals surface area (Å²) in [5, 5.41) is 3.25. The molecule has 0 aromatic carbocycles. The van der Waals surface area contributed by atoms with Crippen LogP contribution in [-0.4, -0.2) is 22.1 Å². The molecule has 5 nitrogen and oxygen atoms in total. The molecule has 0 saturated heterocycles. The van der Waals surface area contributed by atoms with Gasteiger partial charge in [-0.2, -0.15) is 4.39 Å². The molecule has 0 fully saturated rings. The largest absolute Gasteiger partial charge is 0.328 e. The summed E-state index contributed by atoms with van der Waals surface area (Å²) in [4.78, 5) is 24.0. The van der Waals surface area contributed by atoms with Crippen molar-refractivity contribution in [3.05, 3.63) is 32.9 Å². The molecule has 0 atom stereocenters. The molecule has 0 spiro atoms. The van der Waals surface area contributed by atoms with Gasteiger partial charge in [0.25, 0.3) is 5.56 Å². The van der Waals surface area contributed by atoms with Crippen LogP contribution in [0.5, 0.6) is 0 Å². The van der Waals surface area contributed by atoms with Crippen molar-refractivity contribution in [1.82, 2.24) is 14.9 Å². The molecule has 0 radical (unpaired) electrons. The molecule has 0 aliphatic carbocycles. The maximum Gasteiger partial charge on any atom is 0.328 e. The van der Waals surface area contributed by atoms with Gasteiger partial charge in [-0.1, -0.05) is 13.8 Å². The topological polar surface area (TPSA) is 66.9 Å². The molecular formula is C11H18FN3O2. The third-order valence-electron chi connectivity index (χ3n) is 2.74. The van der Waals surface area contributed by atoms with E-state index in [1.807, 2.05) is 4.98 Å². The van der Waals surface area contributed by atoms with E-state index in [1.165, 1.54) is 0 Å². The van der Waals surface area contributed by atoms with E-state index < -0.39 is 17.1 Å². The molecular weight excluding hydrogens is 225 g/mol. The number of nitrogens with zero attached hydrogens (tertiary/aromatic N) is 1. The lowest BCUT2D eigenvalue weighted by molar-refractivity contribution is 0.454. The number of rotatable bonds is 6. The van der Waals surface area contributed by atoms with Gasteiger partial charge in [0.15, 0.2) is 0 Å². The van der Waals surface area contributed by atoms with E-state index in [0.29, 0.717) is 19.1 Å². The second-order valence-electron chi connectivity index (χ2n) is 3.90. The number of H-pyrrole nitrogens is 1. The first-order valence-electron chi connectivity index (χ1n) is 5.81. The highest BCUT2D eigenvalue weighted by atomic mass is 19.1. The van der Waals surface area contributed by atoms with Gasteiger partial charge in [-0.25, -0.2) is 4.79 Å². The summed E-state index contributed by atoms with van der Waals surface area (Å²) in [6.45, 7) is 5.06. The van der Waals surface area contributed by atoms with Crippen molar-refractivity contribution in [2.45, 2.75) is 39.3 Å². The normalized spacial score (nSPS) is 11.1. The molecule has 0 unspecified atom stereocenters. The van der Waals surface area contributed by atoms with Crippen molar-refractivity contribution >= 4 is 0 Å². The zero-order valence-corrected chi connectivity index (χ0v) is 10.1. The number of halogens is 1. The van der Waals surface area contributed by atoms with E-state index in [1.54, 1.807) is 0 Å². The molecule has 17 heavy (non-hydrogen) atoms. The highest BCUT2D eigenvalue weighted by Crippen LogP contribution is 1.95. The summed E-state index contributed by atoms with van der Waals surface area (Å²) in [7, 11) is 0. The zero-order valence-electron chi connectivity index (χ0n) is 10.1. The fourth-order valence-corrected chi connectivity index (χ4v) is 1.62. The minimum absolute atomic E-state index is 0.336. The third kappa shape index (κ3) is 3.81. The van der Waals surface area contributed by atoms with Gasteiger partial charge in [0, 0.05) is 19.1 Å². The Kier molecular flexibility index (Phi) is 5.09. The van der Waals surface area contributed by atoms with E-state index >= 15 is 0 Å². The van der Waals surface area contributed by atoms with Crippen LogP contribution in [0.15, 0.2) is 15.8 Å². The van der Waals surface area contributed by atoms with Crippen molar-refractivity contribution in [3.8, 4) is 0 Å². The molecule has 96 valence electrons. The number of aromatic nitrogens is 2. The van der Waals surface area contributed by atoms with E-state index in [-0.39, 0.29) is 0 Å². The predicted octanol–water partition coefficient (Wildman–Crippen LogP) is 0.454. The highest BCUT2D eigenvalue weighted by Gasteiger charge is 2.05. The van der Waals surface area contributed by atoms with Crippen LogP contribution in [-0.2, 0) is 6.54 Å². The second-order valence-corrected chi connectivity index (χ2v) is 3.90. The Morgan fingerprint density at radius 3 is 2.65 bits per heavy atom. The smallest absolute Gasteiger partial charge is 0.312 e. The average molecular weight is 243 g/mol. The average Bonchev–Trinajstić information content (AvgIpc) is 2.31. The maximum absolute atomic E-state index is 13.0. The van der Waals surface area contributed by atoms with Crippen LogP contribution < -0.4 is 16.6 Å². The second kappa shape index (κ2) is 6.34. The van der Waals surface area contributed by atoms with Crippen molar-refractivity contribution in [2.24, 2.45) is 0 Å². The van der Waals surface area contributed by atoms with Crippen molar-refractivity contribution in [1.29, 1.82) is 0 Å². The lowest BCUT2D eigenvalue weighted by atomic mass is 10.2. The molecule has 2 N–H and O–H groups in total. The van der Waals surface area contributed by atoms with Crippen molar-refractivity contribution in [2.75, 3.05) is 6.54 Å². The summed E-state index contributed by atoms with van der Waals surface area (Å²) in [5.74, 6) is -0.938. The molecule has 1 aromatic rings. The molecule has 1 rings (SSSR count). The minimum atomic E-state index is -0.973. The standard InChI is InChI=1S/C11H18FN3O2/c1-3-8(4-2)13-5-6-15-7-9(12)10(16)14-11(15)17/h7-8,13H,3-6H2,1-2H3,(H,14,16,17). The van der Waals surface area contributed by atoms with Gasteiger partial charge < -0.3 is 5.32 Å². The number of hydrogen-bond acceptors (Lipinski definition) is 3. The Balaban J connectivity index is 2.61. The molecule has 0 aliphatic rings. The van der Waals surface area contributed by atoms with Crippen LogP contribution in [0.4, 0.5) is 4.39 Å². The van der Waals surface area contributed by atoms with Gasteiger partial charge in [-0.15, -0.1) is 0 Å². The Morgan fingerprint density at radius 1 is 1.41 bits per heavy atom.